The summed E-state index contributed by atoms with van der Waals surface area (Å²) in [5.41, 5.74) is 10.2. The maximum absolute atomic E-state index is 7.13. The molecule has 0 saturated carbocycles. The lowest BCUT2D eigenvalue weighted by Crippen LogP contribution is -1.96. The Hall–Kier alpha value is -2.60. The first-order valence-corrected chi connectivity index (χ1v) is 6.58. The van der Waals surface area contributed by atoms with Crippen molar-refractivity contribution in [2.45, 2.75) is 6.92 Å². The van der Waals surface area contributed by atoms with Crippen LogP contribution >= 0.6 is 11.6 Å². The number of aryl methyl sites for hydroxylation is 1. The van der Waals surface area contributed by atoms with E-state index in [1.807, 2.05) is 37.3 Å². The molecule has 1 aromatic carbocycles. The Morgan fingerprint density at radius 1 is 1.19 bits per heavy atom. The lowest BCUT2D eigenvalue weighted by atomic mass is 10.2. The minimum Gasteiger partial charge on any atom is -0.338 e. The van der Waals surface area contributed by atoms with Gasteiger partial charge in [0.25, 0.3) is 0 Å². The number of anilines is 2. The second-order valence-electron chi connectivity index (χ2n) is 4.47. The Balaban J connectivity index is 2.00. The van der Waals surface area contributed by atoms with Crippen LogP contribution in [0.3, 0.4) is 0 Å². The molecule has 0 saturated heterocycles. The summed E-state index contributed by atoms with van der Waals surface area (Å²) in [5, 5.41) is 7.58. The molecule has 6 nitrogen and oxygen atoms in total. The summed E-state index contributed by atoms with van der Waals surface area (Å²) < 4.78 is 0. The van der Waals surface area contributed by atoms with E-state index in [4.69, 9.17) is 17.1 Å². The van der Waals surface area contributed by atoms with Crippen LogP contribution in [0, 0.1) is 12.5 Å². The van der Waals surface area contributed by atoms with E-state index in [-0.39, 0.29) is 5.28 Å². The molecule has 0 radical (unpaired) electrons. The van der Waals surface area contributed by atoms with Crippen molar-refractivity contribution in [3.63, 3.8) is 0 Å². The number of nitrogens with one attached hydrogen (secondary N) is 2. The van der Waals surface area contributed by atoms with E-state index in [9.17, 15) is 0 Å². The molecule has 0 aliphatic rings. The molecule has 2 N–H and O–H groups in total. The Morgan fingerprint density at radius 2 is 2.05 bits per heavy atom. The normalized spacial score (nSPS) is 10.6. The van der Waals surface area contributed by atoms with Crippen LogP contribution in [-0.2, 0) is 0 Å². The van der Waals surface area contributed by atoms with Crippen molar-refractivity contribution < 1.29 is 0 Å². The standard InChI is InChI=1S/C14H11ClN6/c1-8-2-3-9-6-10(4-5-11(9)18-8)19-13-12(21-16)7-17-14(15)20-13/h2-7,16H,1H3,(H,17,19,20). The number of rotatable bonds is 3. The van der Waals surface area contributed by atoms with Crippen LogP contribution < -0.4 is 5.32 Å². The molecule has 3 rings (SSSR count). The van der Waals surface area contributed by atoms with Gasteiger partial charge in [0.05, 0.1) is 11.7 Å². The first kappa shape index (κ1) is 13.4. The van der Waals surface area contributed by atoms with Gasteiger partial charge < -0.3 is 5.32 Å². The lowest BCUT2D eigenvalue weighted by Gasteiger charge is -2.08. The summed E-state index contributed by atoms with van der Waals surface area (Å²) >= 11 is 5.78. The summed E-state index contributed by atoms with van der Waals surface area (Å²) in [6, 6.07) is 9.72. The molecular formula is C14H11ClN6. The second-order valence-corrected chi connectivity index (χ2v) is 4.81. The maximum Gasteiger partial charge on any atom is 0.224 e. The zero-order chi connectivity index (χ0) is 14.8. The summed E-state index contributed by atoms with van der Waals surface area (Å²) in [4.78, 5) is 12.3. The fraction of sp³-hybridized carbons (Fsp3) is 0.0714. The Kier molecular flexibility index (Phi) is 3.45. The predicted molar refractivity (Wildman–Crippen MR) is 81.6 cm³/mol. The van der Waals surface area contributed by atoms with Crippen LogP contribution in [0.15, 0.2) is 41.6 Å². The number of fused-ring (bicyclic) bond motifs is 1. The molecule has 104 valence electrons. The van der Waals surface area contributed by atoms with E-state index in [2.05, 4.69) is 25.4 Å². The largest absolute Gasteiger partial charge is 0.338 e. The van der Waals surface area contributed by atoms with Gasteiger partial charge in [-0.1, -0.05) is 6.07 Å². The smallest absolute Gasteiger partial charge is 0.224 e. The molecule has 2 aromatic heterocycles. The van der Waals surface area contributed by atoms with E-state index in [0.29, 0.717) is 11.5 Å². The highest BCUT2D eigenvalue weighted by atomic mass is 35.5. The Morgan fingerprint density at radius 3 is 2.86 bits per heavy atom. The van der Waals surface area contributed by atoms with Crippen LogP contribution in [-0.4, -0.2) is 15.0 Å². The highest BCUT2D eigenvalue weighted by Gasteiger charge is 2.07. The average molecular weight is 299 g/mol. The zero-order valence-corrected chi connectivity index (χ0v) is 11.9. The van der Waals surface area contributed by atoms with E-state index < -0.39 is 0 Å². The molecule has 21 heavy (non-hydrogen) atoms. The number of hydrogen-bond donors (Lipinski definition) is 2. The van der Waals surface area contributed by atoms with Gasteiger partial charge in [-0.3, -0.25) is 4.98 Å². The topological polar surface area (TPSA) is 86.9 Å². The Bertz CT molecular complexity index is 833. The predicted octanol–water partition coefficient (Wildman–Crippen LogP) is 4.39. The van der Waals surface area contributed by atoms with Crippen molar-refractivity contribution in [2.75, 3.05) is 5.32 Å². The lowest BCUT2D eigenvalue weighted by molar-refractivity contribution is 1.09. The van der Waals surface area contributed by atoms with Crippen LogP contribution in [0.5, 0.6) is 0 Å². The van der Waals surface area contributed by atoms with Crippen molar-refractivity contribution in [1.82, 2.24) is 15.0 Å². The highest BCUT2D eigenvalue weighted by molar-refractivity contribution is 6.28. The quantitative estimate of drug-likeness (QED) is 0.554. The van der Waals surface area contributed by atoms with Crippen molar-refractivity contribution in [3.05, 3.63) is 47.5 Å². The van der Waals surface area contributed by atoms with E-state index in [1.54, 1.807) is 0 Å². The molecule has 0 fully saturated rings. The summed E-state index contributed by atoms with van der Waals surface area (Å²) in [6.07, 6.45) is 1.40. The van der Waals surface area contributed by atoms with Crippen molar-refractivity contribution in [1.29, 1.82) is 5.53 Å². The minimum absolute atomic E-state index is 0.1000. The molecule has 3 aromatic rings. The molecule has 0 bridgehead atoms. The molecular weight excluding hydrogens is 288 g/mol. The molecule has 0 spiro atoms. The Labute approximate surface area is 125 Å². The van der Waals surface area contributed by atoms with Gasteiger partial charge in [-0.2, -0.15) is 10.1 Å². The summed E-state index contributed by atoms with van der Waals surface area (Å²) in [7, 11) is 0. The van der Waals surface area contributed by atoms with Gasteiger partial charge >= 0.3 is 0 Å². The number of pyridine rings is 1. The minimum atomic E-state index is 0.1000. The van der Waals surface area contributed by atoms with Crippen LogP contribution in [0.4, 0.5) is 17.2 Å². The maximum atomic E-state index is 7.13. The molecule has 0 aliphatic heterocycles. The molecule has 0 atom stereocenters. The number of nitrogens with zero attached hydrogens (tertiary/aromatic N) is 4. The third-order valence-electron chi connectivity index (χ3n) is 2.95. The molecule has 7 heteroatoms. The molecule has 0 unspecified atom stereocenters. The highest BCUT2D eigenvalue weighted by Crippen LogP contribution is 2.27. The SMILES string of the molecule is Cc1ccc2cc(Nc3nc(Cl)ncc3N=N)ccc2n1. The second kappa shape index (κ2) is 5.41. The van der Waals surface area contributed by atoms with Crippen molar-refractivity contribution in [2.24, 2.45) is 5.11 Å². The van der Waals surface area contributed by atoms with Gasteiger partial charge in [0.15, 0.2) is 5.82 Å². The number of aromatic nitrogens is 3. The molecule has 0 amide bonds. The van der Waals surface area contributed by atoms with Gasteiger partial charge in [0, 0.05) is 16.8 Å². The van der Waals surface area contributed by atoms with Gasteiger partial charge in [0.2, 0.25) is 5.28 Å². The number of hydrogen-bond acceptors (Lipinski definition) is 6. The van der Waals surface area contributed by atoms with Crippen LogP contribution in [0.2, 0.25) is 5.28 Å². The van der Waals surface area contributed by atoms with E-state index >= 15 is 0 Å². The summed E-state index contributed by atoms with van der Waals surface area (Å²) in [6.45, 7) is 1.95. The number of benzene rings is 1. The van der Waals surface area contributed by atoms with Gasteiger partial charge in [-0.05, 0) is 42.8 Å². The van der Waals surface area contributed by atoms with Gasteiger partial charge in [-0.25, -0.2) is 10.5 Å². The van der Waals surface area contributed by atoms with Gasteiger partial charge in [-0.15, -0.1) is 0 Å². The zero-order valence-electron chi connectivity index (χ0n) is 11.1. The summed E-state index contributed by atoms with van der Waals surface area (Å²) in [5.74, 6) is 0.393. The third kappa shape index (κ3) is 2.80. The van der Waals surface area contributed by atoms with Gasteiger partial charge in [0.1, 0.15) is 5.69 Å². The van der Waals surface area contributed by atoms with Crippen LogP contribution in [0.1, 0.15) is 5.69 Å². The third-order valence-corrected chi connectivity index (χ3v) is 3.13. The van der Waals surface area contributed by atoms with Crippen LogP contribution in [0.25, 0.3) is 10.9 Å². The van der Waals surface area contributed by atoms with E-state index in [0.717, 1.165) is 22.3 Å². The fourth-order valence-corrected chi connectivity index (χ4v) is 2.10. The first-order chi connectivity index (χ1) is 10.2. The van der Waals surface area contributed by atoms with E-state index in [1.165, 1.54) is 6.20 Å². The van der Waals surface area contributed by atoms with Crippen molar-refractivity contribution in [3.8, 4) is 0 Å². The molecule has 0 aliphatic carbocycles. The number of halogens is 1. The van der Waals surface area contributed by atoms with Crippen molar-refractivity contribution >= 4 is 39.7 Å². The molecule has 2 heterocycles. The average Bonchev–Trinajstić information content (AvgIpc) is 2.48. The monoisotopic (exact) mass is 298 g/mol. The first-order valence-electron chi connectivity index (χ1n) is 6.20. The fourth-order valence-electron chi connectivity index (χ4n) is 1.97.